The lowest BCUT2D eigenvalue weighted by atomic mass is 10.2. The van der Waals surface area contributed by atoms with Crippen LogP contribution < -0.4 is 10.6 Å². The van der Waals surface area contributed by atoms with Crippen molar-refractivity contribution in [2.75, 3.05) is 10.6 Å². The summed E-state index contributed by atoms with van der Waals surface area (Å²) in [6.45, 7) is 1.94. The van der Waals surface area contributed by atoms with Gasteiger partial charge in [0.2, 0.25) is 0 Å². The number of hydrogen-bond donors (Lipinski definition) is 2. The number of aromatic nitrogens is 1. The molecule has 0 aliphatic carbocycles. The number of carbonyl (C=O) groups is 1. The highest BCUT2D eigenvalue weighted by Crippen LogP contribution is 2.19. The van der Waals surface area contributed by atoms with Gasteiger partial charge in [-0.05, 0) is 55.0 Å². The van der Waals surface area contributed by atoms with Gasteiger partial charge in [0, 0.05) is 23.3 Å². The molecule has 3 aromatic rings. The molecular weight excluding hydrogens is 312 g/mol. The van der Waals surface area contributed by atoms with E-state index in [1.54, 1.807) is 30.5 Å². The van der Waals surface area contributed by atoms with E-state index in [4.69, 9.17) is 5.26 Å². The maximum absolute atomic E-state index is 12.4. The van der Waals surface area contributed by atoms with Crippen LogP contribution in [0.3, 0.4) is 0 Å². The second-order valence-corrected chi connectivity index (χ2v) is 5.51. The molecule has 0 saturated carbocycles. The van der Waals surface area contributed by atoms with Crippen molar-refractivity contribution in [3.8, 4) is 6.07 Å². The number of carbonyl (C=O) groups excluding carboxylic acids is 1. The molecule has 5 heteroatoms. The standard InChI is InChI=1S/C20H16N4O/c1-14-4-2-3-5-18(14)24-20(25)19-12-17(10-11-22-19)23-16-8-6-15(13-21)7-9-16/h2-12H,1H3,(H,22,23)(H,24,25). The van der Waals surface area contributed by atoms with Crippen LogP contribution in [0.25, 0.3) is 0 Å². The predicted molar refractivity (Wildman–Crippen MR) is 97.8 cm³/mol. The second kappa shape index (κ2) is 7.28. The van der Waals surface area contributed by atoms with Gasteiger partial charge in [0.05, 0.1) is 11.6 Å². The van der Waals surface area contributed by atoms with Gasteiger partial charge < -0.3 is 10.6 Å². The lowest BCUT2D eigenvalue weighted by molar-refractivity contribution is 0.102. The second-order valence-electron chi connectivity index (χ2n) is 5.51. The van der Waals surface area contributed by atoms with E-state index in [-0.39, 0.29) is 5.91 Å². The Morgan fingerprint density at radius 1 is 1.04 bits per heavy atom. The van der Waals surface area contributed by atoms with E-state index >= 15 is 0 Å². The molecule has 0 bridgehead atoms. The van der Waals surface area contributed by atoms with Gasteiger partial charge >= 0.3 is 0 Å². The van der Waals surface area contributed by atoms with E-state index in [2.05, 4.69) is 21.7 Å². The van der Waals surface area contributed by atoms with Gasteiger partial charge in [-0.25, -0.2) is 0 Å². The van der Waals surface area contributed by atoms with E-state index in [1.807, 2.05) is 43.3 Å². The van der Waals surface area contributed by atoms with Gasteiger partial charge in [-0.2, -0.15) is 5.26 Å². The number of pyridine rings is 1. The number of para-hydroxylation sites is 1. The van der Waals surface area contributed by atoms with Crippen molar-refractivity contribution in [2.24, 2.45) is 0 Å². The molecule has 1 heterocycles. The highest BCUT2D eigenvalue weighted by molar-refractivity contribution is 6.03. The van der Waals surface area contributed by atoms with Crippen molar-refractivity contribution < 1.29 is 4.79 Å². The molecule has 1 aromatic heterocycles. The lowest BCUT2D eigenvalue weighted by Gasteiger charge is -2.10. The monoisotopic (exact) mass is 328 g/mol. The molecule has 0 unspecified atom stereocenters. The number of anilines is 3. The molecule has 2 N–H and O–H groups in total. The normalized spacial score (nSPS) is 9.92. The molecule has 0 saturated heterocycles. The molecule has 5 nitrogen and oxygen atoms in total. The van der Waals surface area contributed by atoms with E-state index in [1.165, 1.54) is 0 Å². The van der Waals surface area contributed by atoms with Crippen molar-refractivity contribution in [2.45, 2.75) is 6.92 Å². The Labute approximate surface area is 146 Å². The molecule has 0 aliphatic rings. The van der Waals surface area contributed by atoms with Gasteiger partial charge in [0.25, 0.3) is 5.91 Å². The number of nitrogens with zero attached hydrogens (tertiary/aromatic N) is 2. The third kappa shape index (κ3) is 4.01. The molecule has 3 rings (SSSR count). The first-order chi connectivity index (χ1) is 12.2. The van der Waals surface area contributed by atoms with Crippen LogP contribution in [0.2, 0.25) is 0 Å². The zero-order valence-electron chi connectivity index (χ0n) is 13.7. The number of nitriles is 1. The quantitative estimate of drug-likeness (QED) is 0.750. The third-order valence-electron chi connectivity index (χ3n) is 3.69. The minimum atomic E-state index is -0.266. The Balaban J connectivity index is 1.75. The summed E-state index contributed by atoms with van der Waals surface area (Å²) in [4.78, 5) is 16.6. The minimum Gasteiger partial charge on any atom is -0.355 e. The fraction of sp³-hybridized carbons (Fsp3) is 0.0500. The fourth-order valence-electron chi connectivity index (χ4n) is 2.33. The minimum absolute atomic E-state index is 0.266. The molecule has 2 aromatic carbocycles. The van der Waals surface area contributed by atoms with E-state index in [9.17, 15) is 4.79 Å². The van der Waals surface area contributed by atoms with Crippen LogP contribution >= 0.6 is 0 Å². The van der Waals surface area contributed by atoms with E-state index in [0.717, 1.165) is 22.6 Å². The molecule has 1 amide bonds. The van der Waals surface area contributed by atoms with Crippen LogP contribution in [0.4, 0.5) is 17.1 Å². The average molecular weight is 328 g/mol. The summed E-state index contributed by atoms with van der Waals surface area (Å²) in [5.41, 5.74) is 4.24. The van der Waals surface area contributed by atoms with Crippen molar-refractivity contribution >= 4 is 23.0 Å². The molecular formula is C20H16N4O. The molecule has 0 radical (unpaired) electrons. The summed E-state index contributed by atoms with van der Waals surface area (Å²) in [6.07, 6.45) is 1.58. The zero-order chi connectivity index (χ0) is 17.6. The van der Waals surface area contributed by atoms with Gasteiger partial charge in [0.1, 0.15) is 5.69 Å². The van der Waals surface area contributed by atoms with E-state index < -0.39 is 0 Å². The molecule has 0 spiro atoms. The molecule has 25 heavy (non-hydrogen) atoms. The van der Waals surface area contributed by atoms with Gasteiger partial charge in [-0.3, -0.25) is 9.78 Å². The van der Waals surface area contributed by atoms with E-state index in [0.29, 0.717) is 11.3 Å². The summed E-state index contributed by atoms with van der Waals surface area (Å²) in [5, 5.41) is 14.9. The summed E-state index contributed by atoms with van der Waals surface area (Å²) in [6, 6.07) is 20.2. The van der Waals surface area contributed by atoms with Gasteiger partial charge in [-0.15, -0.1) is 0 Å². The largest absolute Gasteiger partial charge is 0.355 e. The predicted octanol–water partition coefficient (Wildman–Crippen LogP) is 4.26. The Bertz CT molecular complexity index is 942. The number of benzene rings is 2. The number of aryl methyl sites for hydroxylation is 1. The van der Waals surface area contributed by atoms with Crippen molar-refractivity contribution in [3.63, 3.8) is 0 Å². The highest BCUT2D eigenvalue weighted by atomic mass is 16.1. The molecule has 122 valence electrons. The van der Waals surface area contributed by atoms with Crippen LogP contribution in [0.5, 0.6) is 0 Å². The van der Waals surface area contributed by atoms with Crippen LogP contribution in [0.1, 0.15) is 21.6 Å². The summed E-state index contributed by atoms with van der Waals surface area (Å²) >= 11 is 0. The third-order valence-corrected chi connectivity index (χ3v) is 3.69. The first-order valence-corrected chi connectivity index (χ1v) is 7.76. The number of nitrogens with one attached hydrogen (secondary N) is 2. The van der Waals surface area contributed by atoms with Crippen molar-refractivity contribution in [1.29, 1.82) is 5.26 Å². The molecule has 0 atom stereocenters. The Morgan fingerprint density at radius 2 is 1.80 bits per heavy atom. The van der Waals surface area contributed by atoms with Crippen LogP contribution in [-0.2, 0) is 0 Å². The first kappa shape index (κ1) is 16.2. The first-order valence-electron chi connectivity index (χ1n) is 7.76. The Morgan fingerprint density at radius 3 is 2.52 bits per heavy atom. The summed E-state index contributed by atoms with van der Waals surface area (Å²) in [5.74, 6) is -0.266. The van der Waals surface area contributed by atoms with Gasteiger partial charge in [-0.1, -0.05) is 18.2 Å². The SMILES string of the molecule is Cc1ccccc1NC(=O)c1cc(Nc2ccc(C#N)cc2)ccn1. The number of hydrogen-bond acceptors (Lipinski definition) is 4. The molecule has 0 aliphatic heterocycles. The molecule has 0 fully saturated rings. The summed E-state index contributed by atoms with van der Waals surface area (Å²) < 4.78 is 0. The van der Waals surface area contributed by atoms with Crippen LogP contribution in [0.15, 0.2) is 66.9 Å². The zero-order valence-corrected chi connectivity index (χ0v) is 13.7. The Hall–Kier alpha value is -3.65. The topological polar surface area (TPSA) is 77.8 Å². The average Bonchev–Trinajstić information content (AvgIpc) is 2.64. The fourth-order valence-corrected chi connectivity index (χ4v) is 2.33. The number of rotatable bonds is 4. The number of amides is 1. The van der Waals surface area contributed by atoms with Crippen LogP contribution in [0, 0.1) is 18.3 Å². The van der Waals surface area contributed by atoms with Crippen LogP contribution in [-0.4, -0.2) is 10.9 Å². The lowest BCUT2D eigenvalue weighted by Crippen LogP contribution is -2.14. The summed E-state index contributed by atoms with van der Waals surface area (Å²) in [7, 11) is 0. The van der Waals surface area contributed by atoms with Crippen molar-refractivity contribution in [1.82, 2.24) is 4.98 Å². The smallest absolute Gasteiger partial charge is 0.274 e. The highest BCUT2D eigenvalue weighted by Gasteiger charge is 2.09. The van der Waals surface area contributed by atoms with Gasteiger partial charge in [0.15, 0.2) is 0 Å². The van der Waals surface area contributed by atoms with Crippen molar-refractivity contribution in [3.05, 3.63) is 83.7 Å². The Kier molecular flexibility index (Phi) is 4.72. The maximum Gasteiger partial charge on any atom is 0.274 e. The maximum atomic E-state index is 12.4.